The van der Waals surface area contributed by atoms with Gasteiger partial charge >= 0.3 is 0 Å². The third-order valence-electron chi connectivity index (χ3n) is 2.82. The Kier molecular flexibility index (Phi) is 4.80. The van der Waals surface area contributed by atoms with Gasteiger partial charge < -0.3 is 10.1 Å². The molecule has 0 radical (unpaired) electrons. The van der Waals surface area contributed by atoms with Gasteiger partial charge in [-0.1, -0.05) is 24.6 Å². The maximum absolute atomic E-state index is 14.1. The molecule has 102 valence electrons. The highest BCUT2D eigenvalue weighted by molar-refractivity contribution is 7.10. The third kappa shape index (κ3) is 3.08. The lowest BCUT2D eigenvalue weighted by Crippen LogP contribution is -2.22. The van der Waals surface area contributed by atoms with Crippen molar-refractivity contribution in [1.29, 1.82) is 0 Å². The Morgan fingerprint density at radius 3 is 2.84 bits per heavy atom. The van der Waals surface area contributed by atoms with Gasteiger partial charge in [-0.25, -0.2) is 4.39 Å². The number of methoxy groups -OCH3 is 1. The monoisotopic (exact) mass is 299 g/mol. The number of benzene rings is 1. The smallest absolute Gasteiger partial charge is 0.134 e. The Morgan fingerprint density at radius 1 is 1.42 bits per heavy atom. The van der Waals surface area contributed by atoms with Crippen molar-refractivity contribution in [3.63, 3.8) is 0 Å². The molecule has 0 spiro atoms. The molecule has 2 rings (SSSR count). The minimum absolute atomic E-state index is 0.225. The fourth-order valence-corrected chi connectivity index (χ4v) is 3.08. The van der Waals surface area contributed by atoms with Crippen LogP contribution in [0.1, 0.15) is 23.4 Å². The lowest BCUT2D eigenvalue weighted by molar-refractivity contribution is 0.407. The molecule has 2 nitrogen and oxygen atoms in total. The highest BCUT2D eigenvalue weighted by Crippen LogP contribution is 2.36. The molecule has 1 atom stereocenters. The number of hydrogen-bond acceptors (Lipinski definition) is 3. The molecule has 2 aromatic rings. The standard InChI is InChI=1S/C14H15ClFNOS/c1-3-17-13(14-12(18-2)6-7-19-14)10-5-4-9(15)8-11(10)16/h4-8,13,17H,3H2,1-2H3. The van der Waals surface area contributed by atoms with Crippen LogP contribution in [0.3, 0.4) is 0 Å². The van der Waals surface area contributed by atoms with Gasteiger partial charge in [0.25, 0.3) is 0 Å². The summed E-state index contributed by atoms with van der Waals surface area (Å²) in [5.41, 5.74) is 0.576. The van der Waals surface area contributed by atoms with Gasteiger partial charge in [-0.2, -0.15) is 0 Å². The molecule has 0 aliphatic rings. The Morgan fingerprint density at radius 2 is 2.21 bits per heavy atom. The van der Waals surface area contributed by atoms with Gasteiger partial charge in [0.15, 0.2) is 0 Å². The second-order valence-corrected chi connectivity index (χ2v) is 5.39. The molecule has 19 heavy (non-hydrogen) atoms. The SMILES string of the molecule is CCNC(c1ccc(Cl)cc1F)c1sccc1OC. The molecule has 0 aliphatic carbocycles. The second kappa shape index (κ2) is 6.37. The molecule has 0 bridgehead atoms. The molecule has 1 heterocycles. The van der Waals surface area contributed by atoms with Crippen LogP contribution in [0.5, 0.6) is 5.75 Å². The lowest BCUT2D eigenvalue weighted by atomic mass is 10.0. The van der Waals surface area contributed by atoms with Crippen molar-refractivity contribution in [3.05, 3.63) is 50.9 Å². The number of thiophene rings is 1. The van der Waals surface area contributed by atoms with E-state index in [2.05, 4.69) is 5.32 Å². The maximum atomic E-state index is 14.1. The van der Waals surface area contributed by atoms with Crippen LogP contribution in [0.2, 0.25) is 5.02 Å². The summed E-state index contributed by atoms with van der Waals surface area (Å²) in [5, 5.41) is 5.62. The van der Waals surface area contributed by atoms with Crippen molar-refractivity contribution >= 4 is 22.9 Å². The van der Waals surface area contributed by atoms with Crippen molar-refractivity contribution in [3.8, 4) is 5.75 Å². The second-order valence-electron chi connectivity index (χ2n) is 4.01. The van der Waals surface area contributed by atoms with E-state index in [1.807, 2.05) is 18.4 Å². The molecule has 1 aromatic heterocycles. The molecule has 5 heteroatoms. The fourth-order valence-electron chi connectivity index (χ4n) is 1.97. The number of ether oxygens (including phenoxy) is 1. The van der Waals surface area contributed by atoms with Crippen LogP contribution in [-0.2, 0) is 0 Å². The van der Waals surface area contributed by atoms with Crippen molar-refractivity contribution in [2.24, 2.45) is 0 Å². The molecule has 0 saturated carbocycles. The van der Waals surface area contributed by atoms with E-state index in [9.17, 15) is 4.39 Å². The molecule has 0 fully saturated rings. The summed E-state index contributed by atoms with van der Waals surface area (Å²) in [4.78, 5) is 0.963. The van der Waals surface area contributed by atoms with Crippen LogP contribution in [-0.4, -0.2) is 13.7 Å². The predicted molar refractivity (Wildman–Crippen MR) is 77.8 cm³/mol. The summed E-state index contributed by atoms with van der Waals surface area (Å²) in [7, 11) is 1.62. The van der Waals surface area contributed by atoms with Crippen LogP contribution in [0.25, 0.3) is 0 Å². The number of hydrogen-bond donors (Lipinski definition) is 1. The Hall–Kier alpha value is -1.10. The fraction of sp³-hybridized carbons (Fsp3) is 0.286. The predicted octanol–water partition coefficient (Wildman–Crippen LogP) is 4.25. The minimum atomic E-state index is -0.311. The highest BCUT2D eigenvalue weighted by atomic mass is 35.5. The Labute approximate surface area is 121 Å². The van der Waals surface area contributed by atoms with E-state index in [4.69, 9.17) is 16.3 Å². The zero-order chi connectivity index (χ0) is 13.8. The number of halogens is 2. The molecule has 0 amide bonds. The van der Waals surface area contributed by atoms with Crippen molar-refractivity contribution in [1.82, 2.24) is 5.32 Å². The zero-order valence-corrected chi connectivity index (χ0v) is 12.3. The van der Waals surface area contributed by atoms with Gasteiger partial charge in [-0.05, 0) is 30.1 Å². The Bertz CT molecular complexity index is 558. The summed E-state index contributed by atoms with van der Waals surface area (Å²) >= 11 is 7.34. The molecule has 1 aromatic carbocycles. The molecule has 0 aliphatic heterocycles. The quantitative estimate of drug-likeness (QED) is 0.891. The van der Waals surface area contributed by atoms with Crippen LogP contribution in [0.4, 0.5) is 4.39 Å². The topological polar surface area (TPSA) is 21.3 Å². The molecular formula is C14H15ClFNOS. The van der Waals surface area contributed by atoms with Crippen molar-refractivity contribution in [2.45, 2.75) is 13.0 Å². The third-order valence-corrected chi connectivity index (χ3v) is 4.02. The molecule has 1 unspecified atom stereocenters. The largest absolute Gasteiger partial charge is 0.496 e. The van der Waals surface area contributed by atoms with Crippen molar-refractivity contribution < 1.29 is 9.13 Å². The minimum Gasteiger partial charge on any atom is -0.496 e. The van der Waals surface area contributed by atoms with E-state index in [1.165, 1.54) is 6.07 Å². The first-order valence-corrected chi connectivity index (χ1v) is 7.22. The zero-order valence-electron chi connectivity index (χ0n) is 10.7. The maximum Gasteiger partial charge on any atom is 0.134 e. The normalized spacial score (nSPS) is 12.4. The van der Waals surface area contributed by atoms with Crippen LogP contribution in [0.15, 0.2) is 29.6 Å². The molecular weight excluding hydrogens is 285 g/mol. The summed E-state index contributed by atoms with van der Waals surface area (Å²) in [5.74, 6) is 0.458. The summed E-state index contributed by atoms with van der Waals surface area (Å²) in [6.07, 6.45) is 0. The molecule has 1 N–H and O–H groups in total. The van der Waals surface area contributed by atoms with Gasteiger partial charge in [0.05, 0.1) is 18.0 Å². The van der Waals surface area contributed by atoms with E-state index in [0.29, 0.717) is 10.6 Å². The summed E-state index contributed by atoms with van der Waals surface area (Å²) in [6.45, 7) is 2.72. The van der Waals surface area contributed by atoms with E-state index in [1.54, 1.807) is 30.6 Å². The summed E-state index contributed by atoms with van der Waals surface area (Å²) < 4.78 is 19.4. The van der Waals surface area contributed by atoms with Gasteiger partial charge in [0, 0.05) is 10.6 Å². The van der Waals surface area contributed by atoms with Gasteiger partial charge in [0.1, 0.15) is 11.6 Å². The van der Waals surface area contributed by atoms with Gasteiger partial charge in [0.2, 0.25) is 0 Å². The van der Waals surface area contributed by atoms with E-state index in [0.717, 1.165) is 17.2 Å². The highest BCUT2D eigenvalue weighted by Gasteiger charge is 2.21. The Balaban J connectivity index is 2.45. The van der Waals surface area contributed by atoms with Crippen LogP contribution >= 0.6 is 22.9 Å². The van der Waals surface area contributed by atoms with Crippen molar-refractivity contribution in [2.75, 3.05) is 13.7 Å². The van der Waals surface area contributed by atoms with E-state index >= 15 is 0 Å². The lowest BCUT2D eigenvalue weighted by Gasteiger charge is -2.19. The van der Waals surface area contributed by atoms with E-state index < -0.39 is 0 Å². The first-order chi connectivity index (χ1) is 9.17. The van der Waals surface area contributed by atoms with Gasteiger partial charge in [-0.3, -0.25) is 0 Å². The number of nitrogens with one attached hydrogen (secondary N) is 1. The average molecular weight is 300 g/mol. The number of rotatable bonds is 5. The first-order valence-electron chi connectivity index (χ1n) is 5.97. The van der Waals surface area contributed by atoms with Crippen LogP contribution < -0.4 is 10.1 Å². The average Bonchev–Trinajstić information content (AvgIpc) is 2.85. The summed E-state index contributed by atoms with van der Waals surface area (Å²) in [6, 6.07) is 6.41. The molecule has 0 saturated heterocycles. The van der Waals surface area contributed by atoms with Gasteiger partial charge in [-0.15, -0.1) is 11.3 Å². The van der Waals surface area contributed by atoms with Crippen LogP contribution in [0, 0.1) is 5.82 Å². The first kappa shape index (κ1) is 14.3. The van der Waals surface area contributed by atoms with E-state index in [-0.39, 0.29) is 11.9 Å².